The third kappa shape index (κ3) is 2.62. The highest BCUT2D eigenvalue weighted by molar-refractivity contribution is 7.15. The van der Waals surface area contributed by atoms with E-state index >= 15 is 0 Å². The SMILES string of the molecule is O=C(O)C1CN(c2nnc(Cc3ccc(F)cc3)s2)C1. The number of hydrogen-bond acceptors (Lipinski definition) is 5. The Hall–Kier alpha value is -2.02. The van der Waals surface area contributed by atoms with Crippen molar-refractivity contribution in [2.24, 2.45) is 5.92 Å². The molecule has 1 aromatic carbocycles. The van der Waals surface area contributed by atoms with Gasteiger partial charge in [0.2, 0.25) is 5.13 Å². The molecule has 0 spiro atoms. The Balaban J connectivity index is 1.63. The van der Waals surface area contributed by atoms with Gasteiger partial charge in [-0.15, -0.1) is 10.2 Å². The van der Waals surface area contributed by atoms with Crippen molar-refractivity contribution >= 4 is 22.4 Å². The first-order valence-corrected chi connectivity index (χ1v) is 6.98. The van der Waals surface area contributed by atoms with Gasteiger partial charge >= 0.3 is 5.97 Å². The van der Waals surface area contributed by atoms with Crippen LogP contribution in [0.15, 0.2) is 24.3 Å². The average Bonchev–Trinajstić information content (AvgIpc) is 2.78. The smallest absolute Gasteiger partial charge is 0.310 e. The lowest BCUT2D eigenvalue weighted by molar-refractivity contribution is -0.142. The molecule has 1 aromatic heterocycles. The zero-order chi connectivity index (χ0) is 14.1. The van der Waals surface area contributed by atoms with E-state index in [0.717, 1.165) is 15.7 Å². The third-order valence-corrected chi connectivity index (χ3v) is 4.21. The molecule has 1 saturated heterocycles. The molecule has 0 unspecified atom stereocenters. The van der Waals surface area contributed by atoms with Crippen molar-refractivity contribution < 1.29 is 14.3 Å². The van der Waals surface area contributed by atoms with Gasteiger partial charge < -0.3 is 10.0 Å². The van der Waals surface area contributed by atoms with E-state index in [0.29, 0.717) is 19.5 Å². The Morgan fingerprint density at radius 1 is 1.35 bits per heavy atom. The molecule has 5 nitrogen and oxygen atoms in total. The van der Waals surface area contributed by atoms with Crippen molar-refractivity contribution in [2.75, 3.05) is 18.0 Å². The van der Waals surface area contributed by atoms with Gasteiger partial charge in [0.05, 0.1) is 5.92 Å². The fourth-order valence-corrected chi connectivity index (χ4v) is 2.90. The summed E-state index contributed by atoms with van der Waals surface area (Å²) in [5.74, 6) is -1.33. The summed E-state index contributed by atoms with van der Waals surface area (Å²) in [6.07, 6.45) is 0.605. The topological polar surface area (TPSA) is 66.3 Å². The second kappa shape index (κ2) is 5.16. The van der Waals surface area contributed by atoms with Crippen molar-refractivity contribution in [2.45, 2.75) is 6.42 Å². The van der Waals surface area contributed by atoms with Crippen LogP contribution in [0.2, 0.25) is 0 Å². The number of benzene rings is 1. The highest BCUT2D eigenvalue weighted by atomic mass is 32.1. The van der Waals surface area contributed by atoms with Crippen molar-refractivity contribution in [1.82, 2.24) is 10.2 Å². The highest BCUT2D eigenvalue weighted by Crippen LogP contribution is 2.28. The van der Waals surface area contributed by atoms with Crippen LogP contribution >= 0.6 is 11.3 Å². The van der Waals surface area contributed by atoms with Crippen LogP contribution in [-0.2, 0) is 11.2 Å². The molecule has 7 heteroatoms. The minimum atomic E-state index is -0.766. The lowest BCUT2D eigenvalue weighted by Gasteiger charge is -2.35. The van der Waals surface area contributed by atoms with Crippen LogP contribution in [0, 0.1) is 11.7 Å². The summed E-state index contributed by atoms with van der Waals surface area (Å²) < 4.78 is 12.8. The Morgan fingerprint density at radius 2 is 2.05 bits per heavy atom. The van der Waals surface area contributed by atoms with Gasteiger partial charge in [0.1, 0.15) is 10.8 Å². The molecule has 3 rings (SSSR count). The summed E-state index contributed by atoms with van der Waals surface area (Å²) in [4.78, 5) is 12.6. The van der Waals surface area contributed by atoms with Gasteiger partial charge in [0.25, 0.3) is 0 Å². The van der Waals surface area contributed by atoms with E-state index in [1.807, 2.05) is 4.90 Å². The fraction of sp³-hybridized carbons (Fsp3) is 0.308. The standard InChI is InChI=1S/C13H12FN3O2S/c14-10-3-1-8(2-4-10)5-11-15-16-13(20-11)17-6-9(7-17)12(18)19/h1-4,9H,5-7H2,(H,18,19). The number of anilines is 1. The van der Waals surface area contributed by atoms with Crippen LogP contribution in [-0.4, -0.2) is 34.4 Å². The maximum absolute atomic E-state index is 12.8. The van der Waals surface area contributed by atoms with E-state index in [1.165, 1.54) is 23.5 Å². The van der Waals surface area contributed by atoms with Crippen molar-refractivity contribution in [1.29, 1.82) is 0 Å². The van der Waals surface area contributed by atoms with Crippen molar-refractivity contribution in [3.63, 3.8) is 0 Å². The summed E-state index contributed by atoms with van der Waals surface area (Å²) >= 11 is 1.45. The van der Waals surface area contributed by atoms with Crippen LogP contribution in [0.25, 0.3) is 0 Å². The first-order chi connectivity index (χ1) is 9.61. The Kier molecular flexibility index (Phi) is 3.35. The van der Waals surface area contributed by atoms with Crippen LogP contribution < -0.4 is 4.90 Å². The zero-order valence-electron chi connectivity index (χ0n) is 10.5. The molecule has 0 aliphatic carbocycles. The molecule has 0 atom stereocenters. The molecular formula is C13H12FN3O2S. The second-order valence-corrected chi connectivity index (χ2v) is 5.76. The molecule has 0 radical (unpaired) electrons. The highest BCUT2D eigenvalue weighted by Gasteiger charge is 2.34. The predicted octanol–water partition coefficient (Wildman–Crippen LogP) is 1.79. The zero-order valence-corrected chi connectivity index (χ0v) is 11.3. The number of hydrogen-bond donors (Lipinski definition) is 1. The van der Waals surface area contributed by atoms with E-state index in [-0.39, 0.29) is 11.7 Å². The normalized spacial score (nSPS) is 15.2. The van der Waals surface area contributed by atoms with E-state index in [1.54, 1.807) is 12.1 Å². The number of carbonyl (C=O) groups is 1. The van der Waals surface area contributed by atoms with Gasteiger partial charge in [-0.3, -0.25) is 4.79 Å². The molecule has 1 aliphatic heterocycles. The third-order valence-electron chi connectivity index (χ3n) is 3.23. The van der Waals surface area contributed by atoms with Gasteiger partial charge in [0, 0.05) is 19.5 Å². The summed E-state index contributed by atoms with van der Waals surface area (Å²) in [5, 5.41) is 18.6. The first-order valence-electron chi connectivity index (χ1n) is 6.16. The largest absolute Gasteiger partial charge is 0.481 e. The van der Waals surface area contributed by atoms with Gasteiger partial charge in [0.15, 0.2) is 0 Å². The predicted molar refractivity (Wildman–Crippen MR) is 72.5 cm³/mol. The van der Waals surface area contributed by atoms with Crippen molar-refractivity contribution in [3.8, 4) is 0 Å². The molecule has 1 N–H and O–H groups in total. The molecule has 0 bridgehead atoms. The molecule has 1 fully saturated rings. The average molecular weight is 293 g/mol. The number of carboxylic acid groups (broad SMARTS) is 1. The maximum atomic E-state index is 12.8. The number of halogens is 1. The van der Waals surface area contributed by atoms with Crippen LogP contribution in [0.1, 0.15) is 10.6 Å². The molecule has 0 saturated carbocycles. The maximum Gasteiger partial charge on any atom is 0.310 e. The lowest BCUT2D eigenvalue weighted by atomic mass is 10.0. The number of nitrogens with zero attached hydrogens (tertiary/aromatic N) is 3. The molecule has 0 amide bonds. The van der Waals surface area contributed by atoms with E-state index in [4.69, 9.17) is 5.11 Å². The summed E-state index contributed by atoms with van der Waals surface area (Å²) in [6, 6.07) is 6.29. The Bertz CT molecular complexity index is 623. The minimum Gasteiger partial charge on any atom is -0.481 e. The quantitative estimate of drug-likeness (QED) is 0.931. The number of carboxylic acids is 1. The monoisotopic (exact) mass is 293 g/mol. The summed E-state index contributed by atoms with van der Waals surface area (Å²) in [6.45, 7) is 0.973. The van der Waals surface area contributed by atoms with Crippen LogP contribution in [0.4, 0.5) is 9.52 Å². The van der Waals surface area contributed by atoms with Gasteiger partial charge in [-0.2, -0.15) is 0 Å². The van der Waals surface area contributed by atoms with E-state index in [9.17, 15) is 9.18 Å². The Morgan fingerprint density at radius 3 is 2.70 bits per heavy atom. The summed E-state index contributed by atoms with van der Waals surface area (Å²) in [7, 11) is 0. The Labute approximate surface area is 118 Å². The van der Waals surface area contributed by atoms with Gasteiger partial charge in [-0.05, 0) is 17.7 Å². The lowest BCUT2D eigenvalue weighted by Crippen LogP contribution is -2.50. The van der Waals surface area contributed by atoms with E-state index in [2.05, 4.69) is 10.2 Å². The van der Waals surface area contributed by atoms with Gasteiger partial charge in [-0.25, -0.2) is 4.39 Å². The van der Waals surface area contributed by atoms with Crippen molar-refractivity contribution in [3.05, 3.63) is 40.7 Å². The molecule has 104 valence electrons. The number of rotatable bonds is 4. The molecule has 2 heterocycles. The molecular weight excluding hydrogens is 281 g/mol. The molecule has 2 aromatic rings. The second-order valence-electron chi connectivity index (χ2n) is 4.72. The van der Waals surface area contributed by atoms with Crippen LogP contribution in [0.3, 0.4) is 0 Å². The van der Waals surface area contributed by atoms with Crippen LogP contribution in [0.5, 0.6) is 0 Å². The minimum absolute atomic E-state index is 0.257. The molecule has 1 aliphatic rings. The summed E-state index contributed by atoms with van der Waals surface area (Å²) in [5.41, 5.74) is 0.973. The molecule has 20 heavy (non-hydrogen) atoms. The van der Waals surface area contributed by atoms with Gasteiger partial charge in [-0.1, -0.05) is 23.5 Å². The first kappa shape index (κ1) is 13.0. The number of aromatic nitrogens is 2. The fourth-order valence-electron chi connectivity index (χ4n) is 2.01. The number of aliphatic carboxylic acids is 1. The van der Waals surface area contributed by atoms with E-state index < -0.39 is 5.97 Å².